The van der Waals surface area contributed by atoms with Crippen LogP contribution in [-0.4, -0.2) is 95.8 Å². The molecule has 2 fully saturated rings. The standard InChI is InChI=1S/C30H36BrN3O8/c1-30(2,3)42-29(38)34-17-23(41-22-12-8-11-21(31)15-22)16-24(34)26(35)33-14-13-32(18-25(33)27(36)39-4)28(37)40-19-20-9-6-5-7-10-20/h5-12,15,23-25H,13-14,16-19H2,1-4H3/t23-,24-,25-/m0/s1. The van der Waals surface area contributed by atoms with Gasteiger partial charge in [0.2, 0.25) is 5.91 Å². The number of piperazine rings is 1. The minimum Gasteiger partial charge on any atom is -0.488 e. The zero-order valence-corrected chi connectivity index (χ0v) is 25.7. The molecule has 2 aliphatic heterocycles. The average molecular weight is 647 g/mol. The Bertz CT molecular complexity index is 1280. The van der Waals surface area contributed by atoms with Gasteiger partial charge in [-0.25, -0.2) is 14.4 Å². The predicted molar refractivity (Wildman–Crippen MR) is 156 cm³/mol. The number of hydrogen-bond acceptors (Lipinski definition) is 8. The Morgan fingerprint density at radius 2 is 1.64 bits per heavy atom. The van der Waals surface area contributed by atoms with Crippen LogP contribution in [0, 0.1) is 0 Å². The summed E-state index contributed by atoms with van der Waals surface area (Å²) in [5.41, 5.74) is 0.0427. The van der Waals surface area contributed by atoms with Crippen molar-refractivity contribution in [1.82, 2.24) is 14.7 Å². The minimum absolute atomic E-state index is 0.0504. The lowest BCUT2D eigenvalue weighted by Gasteiger charge is -2.41. The summed E-state index contributed by atoms with van der Waals surface area (Å²) in [6.07, 6.45) is -1.55. The van der Waals surface area contributed by atoms with Crippen LogP contribution in [0.15, 0.2) is 59.1 Å². The third-order valence-corrected chi connectivity index (χ3v) is 7.37. The molecule has 11 nitrogen and oxygen atoms in total. The normalized spacial score (nSPS) is 20.6. The molecule has 4 rings (SSSR count). The predicted octanol–water partition coefficient (Wildman–Crippen LogP) is 4.23. The molecule has 2 aliphatic rings. The number of nitrogens with zero attached hydrogens (tertiary/aromatic N) is 3. The molecule has 0 saturated carbocycles. The van der Waals surface area contributed by atoms with Crippen molar-refractivity contribution < 1.29 is 38.1 Å². The largest absolute Gasteiger partial charge is 0.488 e. The van der Waals surface area contributed by atoms with Crippen molar-refractivity contribution in [2.75, 3.05) is 33.3 Å². The minimum atomic E-state index is -1.08. The number of carbonyl (C=O) groups is 4. The van der Waals surface area contributed by atoms with Crippen molar-refractivity contribution in [3.8, 4) is 5.75 Å². The van der Waals surface area contributed by atoms with Crippen molar-refractivity contribution in [3.63, 3.8) is 0 Å². The van der Waals surface area contributed by atoms with Gasteiger partial charge in [0.1, 0.15) is 36.1 Å². The van der Waals surface area contributed by atoms with E-state index in [1.165, 1.54) is 21.8 Å². The highest BCUT2D eigenvalue weighted by Crippen LogP contribution is 2.29. The van der Waals surface area contributed by atoms with Crippen molar-refractivity contribution in [2.45, 2.75) is 57.6 Å². The highest BCUT2D eigenvalue weighted by molar-refractivity contribution is 9.10. The van der Waals surface area contributed by atoms with Gasteiger partial charge in [-0.2, -0.15) is 0 Å². The van der Waals surface area contributed by atoms with E-state index in [1.807, 2.05) is 42.5 Å². The van der Waals surface area contributed by atoms with Crippen LogP contribution < -0.4 is 4.74 Å². The van der Waals surface area contributed by atoms with Gasteiger partial charge < -0.3 is 28.7 Å². The Labute approximate surface area is 253 Å². The first kappa shape index (κ1) is 31.1. The number of carbonyl (C=O) groups excluding carboxylic acids is 4. The van der Waals surface area contributed by atoms with E-state index in [9.17, 15) is 19.2 Å². The lowest BCUT2D eigenvalue weighted by atomic mass is 10.1. The molecule has 3 amide bonds. The van der Waals surface area contributed by atoms with Gasteiger partial charge in [0.25, 0.3) is 0 Å². The zero-order valence-electron chi connectivity index (χ0n) is 24.2. The molecular formula is C30H36BrN3O8. The second-order valence-electron chi connectivity index (χ2n) is 11.1. The van der Waals surface area contributed by atoms with Crippen molar-refractivity contribution in [2.24, 2.45) is 0 Å². The number of likely N-dealkylation sites (tertiary alicyclic amines) is 1. The highest BCUT2D eigenvalue weighted by Gasteiger charge is 2.47. The van der Waals surface area contributed by atoms with E-state index in [0.717, 1.165) is 10.0 Å². The molecule has 2 aromatic rings. The molecule has 0 bridgehead atoms. The van der Waals surface area contributed by atoms with E-state index in [2.05, 4.69) is 15.9 Å². The number of amides is 3. The summed E-state index contributed by atoms with van der Waals surface area (Å²) in [5, 5.41) is 0. The number of benzene rings is 2. The van der Waals surface area contributed by atoms with Crippen LogP contribution in [0.5, 0.6) is 5.75 Å². The molecule has 0 unspecified atom stereocenters. The third-order valence-electron chi connectivity index (χ3n) is 6.87. The lowest BCUT2D eigenvalue weighted by molar-refractivity contribution is -0.157. The van der Waals surface area contributed by atoms with Crippen molar-refractivity contribution >= 4 is 40.0 Å². The average Bonchev–Trinajstić information content (AvgIpc) is 3.38. The van der Waals surface area contributed by atoms with Crippen LogP contribution in [0.2, 0.25) is 0 Å². The molecule has 0 aliphatic carbocycles. The van der Waals surface area contributed by atoms with E-state index in [-0.39, 0.29) is 39.2 Å². The summed E-state index contributed by atoms with van der Waals surface area (Å²) in [6.45, 7) is 5.52. The Morgan fingerprint density at radius 1 is 0.905 bits per heavy atom. The Hall–Kier alpha value is -3.80. The van der Waals surface area contributed by atoms with Gasteiger partial charge in [-0.1, -0.05) is 52.3 Å². The fraction of sp³-hybridized carbons (Fsp3) is 0.467. The van der Waals surface area contributed by atoms with E-state index in [4.69, 9.17) is 18.9 Å². The molecule has 0 aromatic heterocycles. The van der Waals surface area contributed by atoms with Crippen molar-refractivity contribution in [1.29, 1.82) is 0 Å². The third kappa shape index (κ3) is 7.93. The van der Waals surface area contributed by atoms with Gasteiger partial charge in [-0.3, -0.25) is 9.69 Å². The highest BCUT2D eigenvalue weighted by atomic mass is 79.9. The number of ether oxygens (including phenoxy) is 4. The molecule has 2 saturated heterocycles. The number of esters is 1. The molecular weight excluding hydrogens is 610 g/mol. The van der Waals surface area contributed by atoms with Crippen LogP contribution in [-0.2, 0) is 30.4 Å². The number of rotatable bonds is 6. The van der Waals surface area contributed by atoms with Crippen LogP contribution in [0.4, 0.5) is 9.59 Å². The van der Waals surface area contributed by atoms with Gasteiger partial charge in [-0.15, -0.1) is 0 Å². The summed E-state index contributed by atoms with van der Waals surface area (Å²) in [6, 6.07) is 14.5. The van der Waals surface area contributed by atoms with Gasteiger partial charge in [-0.05, 0) is 44.5 Å². The van der Waals surface area contributed by atoms with Crippen LogP contribution in [0.25, 0.3) is 0 Å². The quantitative estimate of drug-likeness (QED) is 0.339. The van der Waals surface area contributed by atoms with Crippen molar-refractivity contribution in [3.05, 3.63) is 64.6 Å². The van der Waals surface area contributed by atoms with Gasteiger partial charge in [0, 0.05) is 24.0 Å². The summed E-state index contributed by atoms with van der Waals surface area (Å²) in [4.78, 5) is 57.0. The maximum atomic E-state index is 14.0. The van der Waals surface area contributed by atoms with Crippen LogP contribution in [0.1, 0.15) is 32.8 Å². The Kier molecular flexibility index (Phi) is 9.97. The number of halogens is 1. The van der Waals surface area contributed by atoms with E-state index < -0.39 is 47.9 Å². The molecule has 226 valence electrons. The zero-order chi connectivity index (χ0) is 30.4. The summed E-state index contributed by atoms with van der Waals surface area (Å²) in [7, 11) is 1.22. The summed E-state index contributed by atoms with van der Waals surface area (Å²) in [5.74, 6) is -0.539. The molecule has 0 radical (unpaired) electrons. The SMILES string of the molecule is COC(=O)[C@@H]1CN(C(=O)OCc2ccccc2)CCN1C(=O)[C@@H]1C[C@H](Oc2cccc(Br)c2)CN1C(=O)OC(C)(C)C. The molecule has 42 heavy (non-hydrogen) atoms. The second kappa shape index (κ2) is 13.5. The first-order chi connectivity index (χ1) is 19.9. The summed E-state index contributed by atoms with van der Waals surface area (Å²) < 4.78 is 23.0. The molecule has 0 N–H and O–H groups in total. The van der Waals surface area contributed by atoms with Gasteiger partial charge >= 0.3 is 18.2 Å². The maximum absolute atomic E-state index is 14.0. The second-order valence-corrected chi connectivity index (χ2v) is 12.1. The maximum Gasteiger partial charge on any atom is 0.411 e. The smallest absolute Gasteiger partial charge is 0.411 e. The van der Waals surface area contributed by atoms with Gasteiger partial charge in [0.05, 0.1) is 20.2 Å². The van der Waals surface area contributed by atoms with E-state index >= 15 is 0 Å². The topological polar surface area (TPSA) is 115 Å². The molecule has 0 spiro atoms. The van der Waals surface area contributed by atoms with E-state index in [0.29, 0.717) is 5.75 Å². The number of hydrogen-bond donors (Lipinski definition) is 0. The monoisotopic (exact) mass is 645 g/mol. The van der Waals surface area contributed by atoms with Crippen LogP contribution in [0.3, 0.4) is 0 Å². The Balaban J connectivity index is 1.50. The van der Waals surface area contributed by atoms with E-state index in [1.54, 1.807) is 32.9 Å². The number of methoxy groups -OCH3 is 1. The molecule has 12 heteroatoms. The first-order valence-corrected chi connectivity index (χ1v) is 14.5. The Morgan fingerprint density at radius 3 is 2.31 bits per heavy atom. The van der Waals surface area contributed by atoms with Gasteiger partial charge in [0.15, 0.2) is 0 Å². The van der Waals surface area contributed by atoms with Crippen LogP contribution >= 0.6 is 15.9 Å². The fourth-order valence-electron chi connectivity index (χ4n) is 4.92. The molecule has 3 atom stereocenters. The summed E-state index contributed by atoms with van der Waals surface area (Å²) >= 11 is 3.42. The lowest BCUT2D eigenvalue weighted by Crippen LogP contribution is -2.62. The fourth-order valence-corrected chi connectivity index (χ4v) is 5.30. The molecule has 2 aromatic carbocycles. The first-order valence-electron chi connectivity index (χ1n) is 13.7. The molecule has 2 heterocycles.